The monoisotopic (exact) mass is 398 g/mol. The summed E-state index contributed by atoms with van der Waals surface area (Å²) < 4.78 is 31.9. The van der Waals surface area contributed by atoms with Gasteiger partial charge in [-0.05, 0) is 24.6 Å². The van der Waals surface area contributed by atoms with Crippen LogP contribution in [0.5, 0.6) is 5.75 Å². The highest BCUT2D eigenvalue weighted by atomic mass is 32.2. The van der Waals surface area contributed by atoms with Gasteiger partial charge in [-0.15, -0.1) is 10.2 Å². The zero-order chi connectivity index (χ0) is 18.7. The van der Waals surface area contributed by atoms with E-state index in [4.69, 9.17) is 4.74 Å². The molecule has 2 N–H and O–H groups in total. The largest absolute Gasteiger partial charge is 0.507 e. The van der Waals surface area contributed by atoms with E-state index in [0.29, 0.717) is 19.6 Å². The molecule has 0 atom stereocenters. The molecule has 11 heteroatoms. The molecule has 0 saturated carbocycles. The van der Waals surface area contributed by atoms with Gasteiger partial charge >= 0.3 is 0 Å². The molecule has 0 radical (unpaired) electrons. The molecule has 1 aromatic carbocycles. The van der Waals surface area contributed by atoms with E-state index in [1.165, 1.54) is 27.8 Å². The highest BCUT2D eigenvalue weighted by Gasteiger charge is 2.28. The number of nitrogens with zero attached hydrogens (tertiary/aromatic N) is 3. The SMILES string of the molecule is CCc1nnc(NC(=O)c2cc(S(=O)(=O)N3CCOCC3)ccc2O)s1. The van der Waals surface area contributed by atoms with E-state index in [9.17, 15) is 18.3 Å². The van der Waals surface area contributed by atoms with Crippen molar-refractivity contribution in [3.05, 3.63) is 28.8 Å². The van der Waals surface area contributed by atoms with E-state index >= 15 is 0 Å². The van der Waals surface area contributed by atoms with E-state index in [1.54, 1.807) is 0 Å². The second kappa shape index (κ2) is 7.66. The number of anilines is 1. The molecule has 1 aromatic heterocycles. The number of phenolic OH excluding ortho intramolecular Hbond substituents is 1. The lowest BCUT2D eigenvalue weighted by Gasteiger charge is -2.26. The first-order valence-corrected chi connectivity index (χ1v) is 10.2. The van der Waals surface area contributed by atoms with Gasteiger partial charge in [-0.3, -0.25) is 10.1 Å². The number of hydrogen-bond donors (Lipinski definition) is 2. The van der Waals surface area contributed by atoms with Crippen molar-refractivity contribution in [3.63, 3.8) is 0 Å². The van der Waals surface area contributed by atoms with E-state index < -0.39 is 15.9 Å². The summed E-state index contributed by atoms with van der Waals surface area (Å²) in [6.07, 6.45) is 0.687. The minimum Gasteiger partial charge on any atom is -0.507 e. The number of aromatic nitrogens is 2. The molecule has 2 aromatic rings. The smallest absolute Gasteiger partial charge is 0.261 e. The summed E-state index contributed by atoms with van der Waals surface area (Å²) in [7, 11) is -3.77. The van der Waals surface area contributed by atoms with Gasteiger partial charge < -0.3 is 9.84 Å². The van der Waals surface area contributed by atoms with E-state index in [1.807, 2.05) is 6.92 Å². The van der Waals surface area contributed by atoms with Gasteiger partial charge in [0.25, 0.3) is 5.91 Å². The first-order chi connectivity index (χ1) is 12.4. The number of aromatic hydroxyl groups is 1. The Balaban J connectivity index is 1.86. The molecule has 0 aliphatic carbocycles. The molecule has 3 rings (SSSR count). The molecular weight excluding hydrogens is 380 g/mol. The highest BCUT2D eigenvalue weighted by Crippen LogP contribution is 2.26. The summed E-state index contributed by atoms with van der Waals surface area (Å²) in [6.45, 7) is 3.05. The second-order valence-corrected chi connectivity index (χ2v) is 8.50. The molecule has 2 heterocycles. The topological polar surface area (TPSA) is 122 Å². The summed E-state index contributed by atoms with van der Waals surface area (Å²) in [5.41, 5.74) is -0.146. The van der Waals surface area contributed by atoms with Gasteiger partial charge in [-0.2, -0.15) is 4.31 Å². The first kappa shape index (κ1) is 18.7. The number of carbonyl (C=O) groups is 1. The molecule has 140 valence electrons. The van der Waals surface area contributed by atoms with Crippen molar-refractivity contribution in [3.8, 4) is 5.75 Å². The molecule has 9 nitrogen and oxygen atoms in total. The van der Waals surface area contributed by atoms with Gasteiger partial charge in [0, 0.05) is 13.1 Å². The quantitative estimate of drug-likeness (QED) is 0.773. The molecule has 1 saturated heterocycles. The van der Waals surface area contributed by atoms with Crippen molar-refractivity contribution in [2.24, 2.45) is 0 Å². The summed E-state index contributed by atoms with van der Waals surface area (Å²) in [6, 6.07) is 3.63. The molecule has 1 fully saturated rings. The standard InChI is InChI=1S/C15H18N4O5S2/c1-2-13-17-18-15(25-13)16-14(21)11-9-10(3-4-12(11)20)26(22,23)19-5-7-24-8-6-19/h3-4,9,20H,2,5-8H2,1H3,(H,16,18,21). The fourth-order valence-electron chi connectivity index (χ4n) is 2.40. The van der Waals surface area contributed by atoms with Gasteiger partial charge in [-0.25, -0.2) is 8.42 Å². The summed E-state index contributed by atoms with van der Waals surface area (Å²) in [5.74, 6) is -0.969. The minimum absolute atomic E-state index is 0.0612. The predicted octanol–water partition coefficient (Wildman–Crippen LogP) is 1.08. The Labute approximate surface area is 154 Å². The van der Waals surface area contributed by atoms with Crippen LogP contribution in [-0.2, 0) is 21.2 Å². The lowest BCUT2D eigenvalue weighted by Crippen LogP contribution is -2.40. The number of aryl methyl sites for hydroxylation is 1. The number of carbonyl (C=O) groups excluding carboxylic acids is 1. The Kier molecular flexibility index (Phi) is 5.51. The van der Waals surface area contributed by atoms with Gasteiger partial charge in [0.1, 0.15) is 10.8 Å². The lowest BCUT2D eigenvalue weighted by molar-refractivity contribution is 0.0730. The minimum atomic E-state index is -3.77. The van der Waals surface area contributed by atoms with Gasteiger partial charge in [0.15, 0.2) is 0 Å². The molecule has 1 amide bonds. The van der Waals surface area contributed by atoms with E-state index in [0.717, 1.165) is 11.1 Å². The van der Waals surface area contributed by atoms with E-state index in [-0.39, 0.29) is 34.4 Å². The molecule has 0 bridgehead atoms. The Hall–Kier alpha value is -2.08. The fourth-order valence-corrected chi connectivity index (χ4v) is 4.51. The van der Waals surface area contributed by atoms with Crippen LogP contribution in [-0.4, -0.2) is 60.2 Å². The lowest BCUT2D eigenvalue weighted by atomic mass is 10.2. The van der Waals surface area contributed by atoms with Crippen LogP contribution in [0, 0.1) is 0 Å². The second-order valence-electron chi connectivity index (χ2n) is 5.50. The van der Waals surface area contributed by atoms with Crippen LogP contribution >= 0.6 is 11.3 Å². The van der Waals surface area contributed by atoms with Crippen molar-refractivity contribution < 1.29 is 23.1 Å². The van der Waals surface area contributed by atoms with Gasteiger partial charge in [0.05, 0.1) is 23.7 Å². The van der Waals surface area contributed by atoms with Crippen LogP contribution in [0.1, 0.15) is 22.3 Å². The third-order valence-electron chi connectivity index (χ3n) is 3.81. The van der Waals surface area contributed by atoms with Crippen molar-refractivity contribution in [1.29, 1.82) is 0 Å². The van der Waals surface area contributed by atoms with Crippen LogP contribution in [0.3, 0.4) is 0 Å². The third kappa shape index (κ3) is 3.85. The predicted molar refractivity (Wildman–Crippen MR) is 94.9 cm³/mol. The average Bonchev–Trinajstić information content (AvgIpc) is 3.10. The van der Waals surface area contributed by atoms with Crippen LogP contribution in [0.2, 0.25) is 0 Å². The van der Waals surface area contributed by atoms with Crippen LogP contribution in [0.25, 0.3) is 0 Å². The molecule has 0 spiro atoms. The zero-order valence-electron chi connectivity index (χ0n) is 14.0. The molecule has 1 aliphatic rings. The first-order valence-electron chi connectivity index (χ1n) is 7.96. The van der Waals surface area contributed by atoms with Crippen LogP contribution < -0.4 is 5.32 Å². The van der Waals surface area contributed by atoms with Crippen LogP contribution in [0.4, 0.5) is 5.13 Å². The molecule has 1 aliphatic heterocycles. The Bertz CT molecular complexity index is 907. The van der Waals surface area contributed by atoms with Crippen molar-refractivity contribution in [2.75, 3.05) is 31.6 Å². The van der Waals surface area contributed by atoms with Crippen molar-refractivity contribution >= 4 is 32.4 Å². The van der Waals surface area contributed by atoms with Crippen LogP contribution in [0.15, 0.2) is 23.1 Å². The molecule has 0 unspecified atom stereocenters. The number of sulfonamides is 1. The molecular formula is C15H18N4O5S2. The Morgan fingerprint density at radius 2 is 2.08 bits per heavy atom. The number of rotatable bonds is 5. The summed E-state index contributed by atoms with van der Waals surface area (Å²) in [4.78, 5) is 12.4. The Morgan fingerprint density at radius 3 is 2.73 bits per heavy atom. The number of morpholine rings is 1. The van der Waals surface area contributed by atoms with Gasteiger partial charge in [-0.1, -0.05) is 18.3 Å². The third-order valence-corrected chi connectivity index (χ3v) is 6.69. The maximum absolute atomic E-state index is 12.7. The van der Waals surface area contributed by atoms with Crippen molar-refractivity contribution in [1.82, 2.24) is 14.5 Å². The molecule has 26 heavy (non-hydrogen) atoms. The van der Waals surface area contributed by atoms with Crippen molar-refractivity contribution in [2.45, 2.75) is 18.2 Å². The number of nitrogens with one attached hydrogen (secondary N) is 1. The maximum atomic E-state index is 12.7. The number of hydrogen-bond acceptors (Lipinski definition) is 8. The number of phenols is 1. The maximum Gasteiger partial charge on any atom is 0.261 e. The van der Waals surface area contributed by atoms with E-state index in [2.05, 4.69) is 15.5 Å². The number of amides is 1. The number of ether oxygens (including phenoxy) is 1. The zero-order valence-corrected chi connectivity index (χ0v) is 15.6. The van der Waals surface area contributed by atoms with Gasteiger partial charge in [0.2, 0.25) is 15.2 Å². The Morgan fingerprint density at radius 1 is 1.35 bits per heavy atom. The summed E-state index contributed by atoms with van der Waals surface area (Å²) in [5, 5.41) is 21.3. The fraction of sp³-hybridized carbons (Fsp3) is 0.400. The highest BCUT2D eigenvalue weighted by molar-refractivity contribution is 7.89. The average molecular weight is 398 g/mol. The normalized spacial score (nSPS) is 15.7. The number of benzene rings is 1. The summed E-state index contributed by atoms with van der Waals surface area (Å²) >= 11 is 1.22.